The summed E-state index contributed by atoms with van der Waals surface area (Å²) < 4.78 is 12.5. The van der Waals surface area contributed by atoms with Crippen LogP contribution in [0.1, 0.15) is 46.0 Å². The van der Waals surface area contributed by atoms with Crippen LogP contribution in [0.25, 0.3) is 0 Å². The highest BCUT2D eigenvalue weighted by molar-refractivity contribution is 6.00. The lowest BCUT2D eigenvalue weighted by molar-refractivity contribution is -0.159. The van der Waals surface area contributed by atoms with Crippen LogP contribution >= 0.6 is 0 Å². The van der Waals surface area contributed by atoms with Crippen molar-refractivity contribution in [3.63, 3.8) is 0 Å². The van der Waals surface area contributed by atoms with Crippen LogP contribution in [0, 0.1) is 5.92 Å². The molecule has 4 nitrogen and oxygen atoms in total. The highest BCUT2D eigenvalue weighted by atomic mass is 19.1. The maximum Gasteiger partial charge on any atom is 0.246 e. The first kappa shape index (κ1) is 14.3. The van der Waals surface area contributed by atoms with E-state index in [0.717, 1.165) is 12.8 Å². The van der Waals surface area contributed by atoms with E-state index in [1.807, 2.05) is 13.8 Å². The van der Waals surface area contributed by atoms with Crippen LogP contribution in [0.3, 0.4) is 0 Å². The Labute approximate surface area is 113 Å². The quantitative estimate of drug-likeness (QED) is 0.797. The van der Waals surface area contributed by atoms with Gasteiger partial charge in [-0.1, -0.05) is 13.8 Å². The Morgan fingerprint density at radius 3 is 2.42 bits per heavy atom. The van der Waals surface area contributed by atoms with Crippen LogP contribution < -0.4 is 5.32 Å². The molecule has 0 aromatic heterocycles. The zero-order valence-electron chi connectivity index (χ0n) is 11.7. The second-order valence-corrected chi connectivity index (χ2v) is 5.56. The third-order valence-corrected chi connectivity index (χ3v) is 4.54. The number of piperazine rings is 1. The predicted molar refractivity (Wildman–Crippen MR) is 70.3 cm³/mol. The van der Waals surface area contributed by atoms with Gasteiger partial charge in [-0.05, 0) is 38.0 Å². The number of hydrogen-bond donors (Lipinski definition) is 1. The standard InChI is InChI=1S/C14H23FN2O2/c1-3-14(4-2)13(19)16-11(10-6-7-10)12(18)17(14)9-5-8-15/h10-11H,3-9H2,1-2H3,(H,16,19). The molecule has 1 unspecified atom stereocenters. The lowest BCUT2D eigenvalue weighted by atomic mass is 9.85. The first-order valence-corrected chi connectivity index (χ1v) is 7.29. The van der Waals surface area contributed by atoms with E-state index in [1.54, 1.807) is 4.90 Å². The molecular formula is C14H23FN2O2. The third-order valence-electron chi connectivity index (χ3n) is 4.54. The van der Waals surface area contributed by atoms with E-state index >= 15 is 0 Å². The molecule has 1 saturated heterocycles. The number of halogens is 1. The Kier molecular flexibility index (Phi) is 4.11. The fourth-order valence-electron chi connectivity index (χ4n) is 3.08. The van der Waals surface area contributed by atoms with Gasteiger partial charge in [0.25, 0.3) is 0 Å². The Hall–Kier alpha value is -1.13. The summed E-state index contributed by atoms with van der Waals surface area (Å²) in [4.78, 5) is 26.7. The van der Waals surface area contributed by atoms with Gasteiger partial charge >= 0.3 is 0 Å². The molecule has 2 fully saturated rings. The summed E-state index contributed by atoms with van der Waals surface area (Å²) in [6.07, 6.45) is 3.45. The van der Waals surface area contributed by atoms with Crippen LogP contribution in [-0.2, 0) is 9.59 Å². The molecule has 108 valence electrons. The molecule has 2 aliphatic rings. The van der Waals surface area contributed by atoms with Gasteiger partial charge in [0.05, 0.1) is 6.67 Å². The largest absolute Gasteiger partial charge is 0.342 e. The molecule has 1 aliphatic heterocycles. The van der Waals surface area contributed by atoms with Gasteiger partial charge in [-0.3, -0.25) is 14.0 Å². The molecule has 0 aromatic carbocycles. The molecule has 5 heteroatoms. The normalized spacial score (nSPS) is 26.5. The van der Waals surface area contributed by atoms with Crippen LogP contribution in [0.4, 0.5) is 4.39 Å². The number of nitrogens with zero attached hydrogens (tertiary/aromatic N) is 1. The minimum atomic E-state index is -0.780. The van der Waals surface area contributed by atoms with Crippen molar-refractivity contribution in [2.24, 2.45) is 5.92 Å². The average molecular weight is 270 g/mol. The fourth-order valence-corrected chi connectivity index (χ4v) is 3.08. The van der Waals surface area contributed by atoms with E-state index in [9.17, 15) is 14.0 Å². The van der Waals surface area contributed by atoms with E-state index < -0.39 is 12.2 Å². The molecule has 1 saturated carbocycles. The molecule has 0 aromatic rings. The van der Waals surface area contributed by atoms with E-state index in [2.05, 4.69) is 5.32 Å². The summed E-state index contributed by atoms with van der Waals surface area (Å²) in [5.74, 6) is 0.211. The lowest BCUT2D eigenvalue weighted by Crippen LogP contribution is -2.70. The van der Waals surface area contributed by atoms with Crippen molar-refractivity contribution in [2.45, 2.75) is 57.5 Å². The lowest BCUT2D eigenvalue weighted by Gasteiger charge is -2.47. The number of carbonyl (C=O) groups excluding carboxylic acids is 2. The minimum Gasteiger partial charge on any atom is -0.342 e. The summed E-state index contributed by atoms with van der Waals surface area (Å²) in [6, 6.07) is -0.377. The zero-order valence-corrected chi connectivity index (χ0v) is 11.7. The highest BCUT2D eigenvalue weighted by Crippen LogP contribution is 2.38. The molecular weight excluding hydrogens is 247 g/mol. The van der Waals surface area contributed by atoms with Gasteiger partial charge in [-0.25, -0.2) is 0 Å². The first-order valence-electron chi connectivity index (χ1n) is 7.29. The maximum absolute atomic E-state index is 12.6. The van der Waals surface area contributed by atoms with Crippen molar-refractivity contribution < 1.29 is 14.0 Å². The average Bonchev–Trinajstić information content (AvgIpc) is 3.24. The Balaban J connectivity index is 2.26. The maximum atomic E-state index is 12.6. The summed E-state index contributed by atoms with van der Waals surface area (Å²) in [6.45, 7) is 3.71. The molecule has 1 atom stereocenters. The number of amides is 2. The Morgan fingerprint density at radius 1 is 1.32 bits per heavy atom. The minimum absolute atomic E-state index is 0.0146. The second-order valence-electron chi connectivity index (χ2n) is 5.56. The van der Waals surface area contributed by atoms with E-state index in [0.29, 0.717) is 25.8 Å². The predicted octanol–water partition coefficient (Wildman–Crippen LogP) is 1.64. The summed E-state index contributed by atoms with van der Waals surface area (Å²) in [7, 11) is 0. The van der Waals surface area contributed by atoms with Crippen molar-refractivity contribution in [2.75, 3.05) is 13.2 Å². The number of carbonyl (C=O) groups is 2. The van der Waals surface area contributed by atoms with Crippen molar-refractivity contribution in [1.82, 2.24) is 10.2 Å². The Morgan fingerprint density at radius 2 is 1.95 bits per heavy atom. The van der Waals surface area contributed by atoms with Gasteiger partial charge in [0.1, 0.15) is 11.6 Å². The SMILES string of the molecule is CCC1(CC)C(=O)NC(C2CC2)C(=O)N1CCCF. The van der Waals surface area contributed by atoms with E-state index in [4.69, 9.17) is 0 Å². The number of alkyl halides is 1. The summed E-state index contributed by atoms with van der Waals surface area (Å²) in [5, 5.41) is 2.90. The van der Waals surface area contributed by atoms with Crippen LogP contribution in [0.2, 0.25) is 0 Å². The van der Waals surface area contributed by atoms with Gasteiger partial charge in [0.2, 0.25) is 11.8 Å². The molecule has 2 rings (SSSR count). The number of hydrogen-bond acceptors (Lipinski definition) is 2. The zero-order chi connectivity index (χ0) is 14.0. The van der Waals surface area contributed by atoms with Crippen molar-refractivity contribution >= 4 is 11.8 Å². The summed E-state index contributed by atoms with van der Waals surface area (Å²) >= 11 is 0. The first-order chi connectivity index (χ1) is 9.10. The molecule has 19 heavy (non-hydrogen) atoms. The third kappa shape index (κ3) is 2.35. The van der Waals surface area contributed by atoms with Crippen LogP contribution in [0.15, 0.2) is 0 Å². The summed E-state index contributed by atoms with van der Waals surface area (Å²) in [5.41, 5.74) is -0.780. The monoisotopic (exact) mass is 270 g/mol. The molecule has 2 amide bonds. The van der Waals surface area contributed by atoms with Crippen molar-refractivity contribution in [3.05, 3.63) is 0 Å². The van der Waals surface area contributed by atoms with Crippen molar-refractivity contribution in [3.8, 4) is 0 Å². The molecule has 1 heterocycles. The fraction of sp³-hybridized carbons (Fsp3) is 0.857. The Bertz CT molecular complexity index is 364. The van der Waals surface area contributed by atoms with E-state index in [-0.39, 0.29) is 23.8 Å². The van der Waals surface area contributed by atoms with Gasteiger partial charge in [-0.2, -0.15) is 0 Å². The van der Waals surface area contributed by atoms with Gasteiger partial charge in [-0.15, -0.1) is 0 Å². The number of rotatable bonds is 6. The molecule has 0 spiro atoms. The van der Waals surface area contributed by atoms with Crippen LogP contribution in [-0.4, -0.2) is 41.5 Å². The second kappa shape index (κ2) is 5.47. The van der Waals surface area contributed by atoms with Gasteiger partial charge < -0.3 is 10.2 Å². The van der Waals surface area contributed by atoms with Gasteiger partial charge in [0, 0.05) is 6.54 Å². The van der Waals surface area contributed by atoms with Crippen LogP contribution in [0.5, 0.6) is 0 Å². The number of nitrogens with one attached hydrogen (secondary N) is 1. The molecule has 0 radical (unpaired) electrons. The van der Waals surface area contributed by atoms with E-state index in [1.165, 1.54) is 0 Å². The molecule has 0 bridgehead atoms. The molecule has 1 N–H and O–H groups in total. The van der Waals surface area contributed by atoms with Crippen molar-refractivity contribution in [1.29, 1.82) is 0 Å². The smallest absolute Gasteiger partial charge is 0.246 e. The molecule has 1 aliphatic carbocycles. The topological polar surface area (TPSA) is 49.4 Å². The highest BCUT2D eigenvalue weighted by Gasteiger charge is 2.53. The van der Waals surface area contributed by atoms with Gasteiger partial charge in [0.15, 0.2) is 0 Å².